The van der Waals surface area contributed by atoms with Crippen LogP contribution in [0.4, 0.5) is 5.69 Å². The second-order valence-electron chi connectivity index (χ2n) is 9.13. The van der Waals surface area contributed by atoms with Gasteiger partial charge in [0.2, 0.25) is 11.8 Å². The molecule has 3 aromatic rings. The number of carbonyl (C=O) groups is 2. The zero-order valence-electron chi connectivity index (χ0n) is 22.8. The maximum absolute atomic E-state index is 14.0. The molecule has 1 N–H and O–H groups in total. The van der Waals surface area contributed by atoms with Crippen molar-refractivity contribution in [2.45, 2.75) is 44.7 Å². The maximum atomic E-state index is 14.0. The number of methoxy groups -OCH3 is 1. The van der Waals surface area contributed by atoms with Crippen molar-refractivity contribution in [3.05, 3.63) is 88.4 Å². The molecular formula is C29H34ClN3O5S. The number of likely N-dealkylation sites (N-methyl/N-ethyl adjacent to an activating group) is 1. The van der Waals surface area contributed by atoms with Gasteiger partial charge in [-0.3, -0.25) is 13.9 Å². The fourth-order valence-electron chi connectivity index (χ4n) is 4.23. The number of nitrogens with zero attached hydrogens (tertiary/aromatic N) is 2. The fourth-order valence-corrected chi connectivity index (χ4v) is 5.89. The number of hydrogen-bond acceptors (Lipinski definition) is 5. The Bertz CT molecular complexity index is 1430. The highest BCUT2D eigenvalue weighted by molar-refractivity contribution is 7.92. The molecule has 0 aliphatic carbocycles. The molecule has 0 saturated heterocycles. The zero-order valence-corrected chi connectivity index (χ0v) is 24.3. The van der Waals surface area contributed by atoms with Gasteiger partial charge in [0.15, 0.2) is 0 Å². The number of carbonyl (C=O) groups excluding carboxylic acids is 2. The Morgan fingerprint density at radius 3 is 2.26 bits per heavy atom. The third kappa shape index (κ3) is 6.91. The first-order valence-corrected chi connectivity index (χ1v) is 14.3. The van der Waals surface area contributed by atoms with Crippen LogP contribution in [0.5, 0.6) is 5.75 Å². The number of benzene rings is 3. The molecule has 1 atom stereocenters. The van der Waals surface area contributed by atoms with E-state index in [-0.39, 0.29) is 28.1 Å². The van der Waals surface area contributed by atoms with E-state index in [1.165, 1.54) is 43.3 Å². The third-order valence-corrected chi connectivity index (χ3v) is 8.63. The minimum Gasteiger partial charge on any atom is -0.495 e. The topological polar surface area (TPSA) is 96.0 Å². The summed E-state index contributed by atoms with van der Waals surface area (Å²) in [4.78, 5) is 28.3. The number of halogens is 1. The van der Waals surface area contributed by atoms with Gasteiger partial charge < -0.3 is 15.0 Å². The van der Waals surface area contributed by atoms with Crippen molar-refractivity contribution in [3.63, 3.8) is 0 Å². The highest BCUT2D eigenvalue weighted by Gasteiger charge is 2.33. The van der Waals surface area contributed by atoms with Crippen molar-refractivity contribution in [1.29, 1.82) is 0 Å². The average Bonchev–Trinajstić information content (AvgIpc) is 2.92. The molecule has 0 aromatic heterocycles. The van der Waals surface area contributed by atoms with Crippen LogP contribution in [0.2, 0.25) is 5.02 Å². The van der Waals surface area contributed by atoms with E-state index >= 15 is 0 Å². The number of ether oxygens (including phenoxy) is 1. The molecule has 0 aliphatic rings. The number of sulfonamides is 1. The smallest absolute Gasteiger partial charge is 0.264 e. The molecule has 0 heterocycles. The number of aryl methyl sites for hydroxylation is 2. The van der Waals surface area contributed by atoms with Crippen molar-refractivity contribution in [3.8, 4) is 5.75 Å². The van der Waals surface area contributed by atoms with Gasteiger partial charge in [-0.2, -0.15) is 0 Å². The molecule has 0 aliphatic heterocycles. The van der Waals surface area contributed by atoms with Crippen molar-refractivity contribution in [2.24, 2.45) is 0 Å². The van der Waals surface area contributed by atoms with Gasteiger partial charge in [0.25, 0.3) is 10.0 Å². The second kappa shape index (κ2) is 13.0. The molecule has 0 saturated carbocycles. The van der Waals surface area contributed by atoms with Crippen LogP contribution in [0.25, 0.3) is 0 Å². The molecule has 8 nitrogen and oxygen atoms in total. The molecule has 0 spiro atoms. The minimum absolute atomic E-state index is 0.0247. The first kappa shape index (κ1) is 30.0. The van der Waals surface area contributed by atoms with Crippen molar-refractivity contribution >= 4 is 39.1 Å². The summed E-state index contributed by atoms with van der Waals surface area (Å²) in [5.41, 5.74) is 2.89. The first-order valence-electron chi connectivity index (χ1n) is 12.5. The van der Waals surface area contributed by atoms with Crippen LogP contribution in [0.15, 0.2) is 71.6 Å². The van der Waals surface area contributed by atoms with Crippen LogP contribution in [-0.2, 0) is 26.2 Å². The van der Waals surface area contributed by atoms with Crippen LogP contribution >= 0.6 is 11.6 Å². The lowest BCUT2D eigenvalue weighted by atomic mass is 10.1. The van der Waals surface area contributed by atoms with Crippen LogP contribution in [-0.4, -0.2) is 51.9 Å². The van der Waals surface area contributed by atoms with Crippen molar-refractivity contribution in [2.75, 3.05) is 25.0 Å². The summed E-state index contributed by atoms with van der Waals surface area (Å²) in [6.07, 6.45) is 0.344. The van der Waals surface area contributed by atoms with E-state index < -0.39 is 28.5 Å². The summed E-state index contributed by atoms with van der Waals surface area (Å²) >= 11 is 6.35. The quantitative estimate of drug-likeness (QED) is 0.359. The van der Waals surface area contributed by atoms with Gasteiger partial charge in [-0.1, -0.05) is 60.5 Å². The summed E-state index contributed by atoms with van der Waals surface area (Å²) in [5.74, 6) is -0.498. The maximum Gasteiger partial charge on any atom is 0.264 e. The molecule has 39 heavy (non-hydrogen) atoms. The Morgan fingerprint density at radius 1 is 1.03 bits per heavy atom. The van der Waals surface area contributed by atoms with Crippen LogP contribution < -0.4 is 14.4 Å². The number of amides is 2. The van der Waals surface area contributed by atoms with E-state index in [9.17, 15) is 18.0 Å². The number of nitrogens with one attached hydrogen (secondary N) is 1. The molecule has 208 valence electrons. The van der Waals surface area contributed by atoms with E-state index in [0.717, 1.165) is 21.0 Å². The highest BCUT2D eigenvalue weighted by Crippen LogP contribution is 2.32. The fraction of sp³-hybridized carbons (Fsp3) is 0.310. The predicted molar refractivity (Wildman–Crippen MR) is 154 cm³/mol. The van der Waals surface area contributed by atoms with Gasteiger partial charge in [0.1, 0.15) is 18.3 Å². The molecule has 0 fully saturated rings. The average molecular weight is 572 g/mol. The van der Waals surface area contributed by atoms with Gasteiger partial charge in [0.05, 0.1) is 22.7 Å². The lowest BCUT2D eigenvalue weighted by Gasteiger charge is -2.33. The summed E-state index contributed by atoms with van der Waals surface area (Å²) in [6.45, 7) is 5.18. The van der Waals surface area contributed by atoms with Gasteiger partial charge in [0, 0.05) is 13.6 Å². The van der Waals surface area contributed by atoms with E-state index in [1.54, 1.807) is 18.2 Å². The first-order chi connectivity index (χ1) is 18.5. The monoisotopic (exact) mass is 571 g/mol. The SMILES string of the molecule is CC[C@@H](C(=O)NC)N(Cc1ccccc1C)C(=O)CN(c1ccc(OC)c(Cl)c1)S(=O)(=O)c1ccc(C)cc1. The summed E-state index contributed by atoms with van der Waals surface area (Å²) in [5, 5.41) is 2.82. The predicted octanol–water partition coefficient (Wildman–Crippen LogP) is 4.71. The van der Waals surface area contributed by atoms with Crippen LogP contribution in [0.3, 0.4) is 0 Å². The Balaban J connectivity index is 2.11. The van der Waals surface area contributed by atoms with E-state index in [0.29, 0.717) is 12.2 Å². The van der Waals surface area contributed by atoms with Gasteiger partial charge in [-0.25, -0.2) is 8.42 Å². The Labute approximate surface area is 235 Å². The van der Waals surface area contributed by atoms with E-state index in [1.807, 2.05) is 45.0 Å². The summed E-state index contributed by atoms with van der Waals surface area (Å²) < 4.78 is 34.1. The van der Waals surface area contributed by atoms with Gasteiger partial charge >= 0.3 is 0 Å². The second-order valence-corrected chi connectivity index (χ2v) is 11.4. The number of anilines is 1. The Kier molecular flexibility index (Phi) is 9.99. The van der Waals surface area contributed by atoms with E-state index in [2.05, 4.69) is 5.32 Å². The number of hydrogen-bond donors (Lipinski definition) is 1. The molecule has 3 rings (SSSR count). The van der Waals surface area contributed by atoms with Gasteiger partial charge in [-0.15, -0.1) is 0 Å². The lowest BCUT2D eigenvalue weighted by molar-refractivity contribution is -0.140. The standard InChI is InChI=1S/C29H34ClN3O5S/c1-6-26(29(35)31-4)32(18-22-10-8-7-9-21(22)3)28(34)19-33(23-13-16-27(38-5)25(30)17-23)39(36,37)24-14-11-20(2)12-15-24/h7-17,26H,6,18-19H2,1-5H3,(H,31,35)/t26-/m0/s1. The molecule has 10 heteroatoms. The van der Waals surface area contributed by atoms with E-state index in [4.69, 9.17) is 16.3 Å². The van der Waals surface area contributed by atoms with Gasteiger partial charge in [-0.05, 0) is 61.7 Å². The minimum atomic E-state index is -4.19. The molecular weight excluding hydrogens is 538 g/mol. The van der Waals surface area contributed by atoms with Crippen LogP contribution in [0, 0.1) is 13.8 Å². The summed E-state index contributed by atoms with van der Waals surface area (Å²) in [7, 11) is -1.22. The van der Waals surface area contributed by atoms with Crippen molar-refractivity contribution < 1.29 is 22.7 Å². The largest absolute Gasteiger partial charge is 0.495 e. The van der Waals surface area contributed by atoms with Crippen molar-refractivity contribution in [1.82, 2.24) is 10.2 Å². The lowest BCUT2D eigenvalue weighted by Crippen LogP contribution is -2.51. The Hall–Kier alpha value is -3.56. The molecule has 2 amide bonds. The molecule has 0 unspecified atom stereocenters. The number of rotatable bonds is 11. The normalized spacial score (nSPS) is 11.9. The third-order valence-electron chi connectivity index (χ3n) is 6.55. The highest BCUT2D eigenvalue weighted by atomic mass is 35.5. The molecule has 0 radical (unpaired) electrons. The zero-order chi connectivity index (χ0) is 28.7. The Morgan fingerprint density at radius 2 is 1.69 bits per heavy atom. The molecule has 3 aromatic carbocycles. The summed E-state index contributed by atoms with van der Waals surface area (Å²) in [6, 6.07) is 17.7. The van der Waals surface area contributed by atoms with Crippen LogP contribution in [0.1, 0.15) is 30.0 Å². The molecule has 0 bridgehead atoms.